The first-order valence-electron chi connectivity index (χ1n) is 10.5. The number of carbonyl (C=O) groups excluding carboxylic acids is 2. The lowest BCUT2D eigenvalue weighted by Crippen LogP contribution is -2.47. The van der Waals surface area contributed by atoms with Crippen LogP contribution in [0.2, 0.25) is 0 Å². The van der Waals surface area contributed by atoms with Gasteiger partial charge in [0, 0.05) is 30.6 Å². The zero-order valence-corrected chi connectivity index (χ0v) is 19.1. The minimum atomic E-state index is -0.528. The van der Waals surface area contributed by atoms with Crippen molar-refractivity contribution in [3.05, 3.63) is 40.2 Å². The van der Waals surface area contributed by atoms with Crippen molar-refractivity contribution in [1.29, 1.82) is 0 Å². The Labute approximate surface area is 182 Å². The van der Waals surface area contributed by atoms with E-state index in [0.717, 1.165) is 35.5 Å². The van der Waals surface area contributed by atoms with E-state index in [-0.39, 0.29) is 17.9 Å². The van der Waals surface area contributed by atoms with E-state index < -0.39 is 5.60 Å². The number of rotatable bonds is 5. The Morgan fingerprint density at radius 2 is 2.00 bits per heavy atom. The van der Waals surface area contributed by atoms with Crippen molar-refractivity contribution in [3.63, 3.8) is 0 Å². The number of carbonyl (C=O) groups is 2. The molecule has 7 heteroatoms. The van der Waals surface area contributed by atoms with Gasteiger partial charge < -0.3 is 15.0 Å². The summed E-state index contributed by atoms with van der Waals surface area (Å²) in [6, 6.07) is 8.32. The van der Waals surface area contributed by atoms with Crippen molar-refractivity contribution in [1.82, 2.24) is 15.2 Å². The topological polar surface area (TPSA) is 71.5 Å². The Morgan fingerprint density at radius 3 is 2.63 bits per heavy atom. The van der Waals surface area contributed by atoms with Gasteiger partial charge in [-0.3, -0.25) is 4.79 Å². The van der Waals surface area contributed by atoms with E-state index in [1.54, 1.807) is 16.2 Å². The number of amides is 2. The van der Waals surface area contributed by atoms with E-state index in [9.17, 15) is 9.59 Å². The van der Waals surface area contributed by atoms with Crippen LogP contribution < -0.4 is 5.32 Å². The molecule has 1 saturated heterocycles. The highest BCUT2D eigenvalue weighted by molar-refractivity contribution is 7.09. The molecule has 0 bridgehead atoms. The van der Waals surface area contributed by atoms with Crippen LogP contribution in [-0.2, 0) is 16.0 Å². The summed E-state index contributed by atoms with van der Waals surface area (Å²) in [5.74, 6) is -0.167. The first kappa shape index (κ1) is 22.3. The molecule has 1 aromatic carbocycles. The molecular formula is C23H31N3O3S. The fourth-order valence-electron chi connectivity index (χ4n) is 3.50. The average molecular weight is 430 g/mol. The number of thiazole rings is 1. The number of aryl methyl sites for hydroxylation is 1. The van der Waals surface area contributed by atoms with E-state index in [0.29, 0.717) is 19.6 Å². The lowest BCUT2D eigenvalue weighted by molar-refractivity contribution is -0.126. The molecule has 162 valence electrons. The molecule has 0 radical (unpaired) electrons. The van der Waals surface area contributed by atoms with Crippen molar-refractivity contribution >= 4 is 23.3 Å². The molecule has 1 fully saturated rings. The summed E-state index contributed by atoms with van der Waals surface area (Å²) in [5, 5.41) is 6.15. The predicted molar refractivity (Wildman–Crippen MR) is 120 cm³/mol. The molecule has 0 aliphatic carbocycles. The summed E-state index contributed by atoms with van der Waals surface area (Å²) in [4.78, 5) is 31.0. The number of hydrogen-bond donors (Lipinski definition) is 1. The smallest absolute Gasteiger partial charge is 0.410 e. The van der Waals surface area contributed by atoms with Gasteiger partial charge in [0.25, 0.3) is 0 Å². The van der Waals surface area contributed by atoms with E-state index in [1.165, 1.54) is 5.56 Å². The number of hydrogen-bond acceptors (Lipinski definition) is 5. The molecule has 3 rings (SSSR count). The van der Waals surface area contributed by atoms with Gasteiger partial charge in [0.1, 0.15) is 5.60 Å². The molecule has 1 aliphatic heterocycles. The number of aromatic nitrogens is 1. The van der Waals surface area contributed by atoms with Gasteiger partial charge in [-0.25, -0.2) is 9.78 Å². The van der Waals surface area contributed by atoms with Gasteiger partial charge in [-0.2, -0.15) is 0 Å². The van der Waals surface area contributed by atoms with Gasteiger partial charge >= 0.3 is 6.09 Å². The van der Waals surface area contributed by atoms with Crippen molar-refractivity contribution in [3.8, 4) is 11.3 Å². The molecule has 1 aliphatic rings. The first-order valence-corrected chi connectivity index (χ1v) is 11.4. The summed E-state index contributed by atoms with van der Waals surface area (Å²) in [6.45, 7) is 9.20. The van der Waals surface area contributed by atoms with Crippen molar-refractivity contribution < 1.29 is 14.3 Å². The van der Waals surface area contributed by atoms with Crippen LogP contribution >= 0.6 is 11.3 Å². The zero-order chi connectivity index (χ0) is 21.7. The maximum atomic E-state index is 12.6. The van der Waals surface area contributed by atoms with Crippen LogP contribution in [0.25, 0.3) is 11.3 Å². The third kappa shape index (κ3) is 6.29. The maximum absolute atomic E-state index is 12.6. The van der Waals surface area contributed by atoms with Crippen LogP contribution in [-0.4, -0.2) is 47.1 Å². The molecule has 1 unspecified atom stereocenters. The average Bonchev–Trinajstić information content (AvgIpc) is 3.13. The van der Waals surface area contributed by atoms with E-state index in [1.807, 2.05) is 27.7 Å². The molecule has 0 saturated carbocycles. The molecule has 2 heterocycles. The molecule has 1 atom stereocenters. The summed E-state index contributed by atoms with van der Waals surface area (Å²) in [5.41, 5.74) is 2.76. The molecule has 2 aromatic rings. The highest BCUT2D eigenvalue weighted by atomic mass is 32.1. The molecule has 1 aromatic heterocycles. The molecular weight excluding hydrogens is 398 g/mol. The number of benzene rings is 1. The highest BCUT2D eigenvalue weighted by Crippen LogP contribution is 2.22. The number of nitrogens with zero attached hydrogens (tertiary/aromatic N) is 2. The summed E-state index contributed by atoms with van der Waals surface area (Å²) in [7, 11) is 0. The third-order valence-electron chi connectivity index (χ3n) is 5.03. The predicted octanol–water partition coefficient (Wildman–Crippen LogP) is 4.42. The van der Waals surface area contributed by atoms with Crippen LogP contribution in [0.15, 0.2) is 29.6 Å². The van der Waals surface area contributed by atoms with Crippen LogP contribution in [0.1, 0.15) is 44.2 Å². The lowest BCUT2D eigenvalue weighted by Gasteiger charge is -2.33. The minimum absolute atomic E-state index is 0.0119. The third-order valence-corrected chi connectivity index (χ3v) is 5.80. The van der Waals surface area contributed by atoms with Crippen molar-refractivity contribution in [2.24, 2.45) is 5.92 Å². The SMILES string of the molecule is Cc1nc(-c2ccc(CCNC(=O)C3CCCN(C(=O)OC(C)(C)C)C3)cc2)cs1. The standard InChI is InChI=1S/C23H31N3O3S/c1-16-25-20(15-30-16)18-9-7-17(8-10-18)11-12-24-21(27)19-6-5-13-26(14-19)22(28)29-23(2,3)4/h7-10,15,19H,5-6,11-14H2,1-4H3,(H,24,27). The second-order valence-corrected chi connectivity index (χ2v) is 9.82. The quantitative estimate of drug-likeness (QED) is 0.763. The fraction of sp³-hybridized carbons (Fsp3) is 0.522. The van der Waals surface area contributed by atoms with Gasteiger partial charge in [0.05, 0.1) is 16.6 Å². The Bertz CT molecular complexity index is 871. The van der Waals surface area contributed by atoms with Crippen LogP contribution in [0.4, 0.5) is 4.79 Å². The highest BCUT2D eigenvalue weighted by Gasteiger charge is 2.30. The van der Waals surface area contributed by atoms with Gasteiger partial charge in [-0.1, -0.05) is 24.3 Å². The van der Waals surface area contributed by atoms with Gasteiger partial charge in [-0.15, -0.1) is 11.3 Å². The monoisotopic (exact) mass is 429 g/mol. The van der Waals surface area contributed by atoms with Crippen molar-refractivity contribution in [2.45, 2.75) is 52.6 Å². The summed E-state index contributed by atoms with van der Waals surface area (Å²) in [6.07, 6.45) is 2.04. The lowest BCUT2D eigenvalue weighted by atomic mass is 9.97. The summed E-state index contributed by atoms with van der Waals surface area (Å²) >= 11 is 1.65. The number of nitrogens with one attached hydrogen (secondary N) is 1. The van der Waals surface area contributed by atoms with Gasteiger partial charge in [0.15, 0.2) is 0 Å². The number of likely N-dealkylation sites (tertiary alicyclic amines) is 1. The minimum Gasteiger partial charge on any atom is -0.444 e. The van der Waals surface area contributed by atoms with Crippen LogP contribution in [0.5, 0.6) is 0 Å². The largest absolute Gasteiger partial charge is 0.444 e. The molecule has 30 heavy (non-hydrogen) atoms. The Hall–Kier alpha value is -2.41. The van der Waals surface area contributed by atoms with E-state index in [2.05, 4.69) is 39.9 Å². The second kappa shape index (κ2) is 9.60. The Balaban J connectivity index is 1.45. The van der Waals surface area contributed by atoms with Gasteiger partial charge in [-0.05, 0) is 52.5 Å². The number of ether oxygens (including phenoxy) is 1. The maximum Gasteiger partial charge on any atom is 0.410 e. The normalized spacial score (nSPS) is 16.9. The molecule has 2 amide bonds. The summed E-state index contributed by atoms with van der Waals surface area (Å²) < 4.78 is 5.44. The Kier molecular flexibility index (Phi) is 7.13. The first-order chi connectivity index (χ1) is 14.2. The Morgan fingerprint density at radius 1 is 1.27 bits per heavy atom. The second-order valence-electron chi connectivity index (χ2n) is 8.76. The number of piperidine rings is 1. The fourth-order valence-corrected chi connectivity index (χ4v) is 4.12. The van der Waals surface area contributed by atoms with E-state index in [4.69, 9.17) is 4.74 Å². The van der Waals surface area contributed by atoms with Crippen LogP contribution in [0, 0.1) is 12.8 Å². The molecule has 6 nitrogen and oxygen atoms in total. The van der Waals surface area contributed by atoms with E-state index >= 15 is 0 Å². The van der Waals surface area contributed by atoms with Crippen molar-refractivity contribution in [2.75, 3.05) is 19.6 Å². The van der Waals surface area contributed by atoms with Crippen LogP contribution in [0.3, 0.4) is 0 Å². The zero-order valence-electron chi connectivity index (χ0n) is 18.2. The van der Waals surface area contributed by atoms with Gasteiger partial charge in [0.2, 0.25) is 5.91 Å². The molecule has 0 spiro atoms. The molecule has 1 N–H and O–H groups in total.